The highest BCUT2D eigenvalue weighted by molar-refractivity contribution is 6.74. The molecule has 0 aromatic carbocycles. The van der Waals surface area contributed by atoms with Gasteiger partial charge in [0.05, 0.1) is 25.4 Å². The van der Waals surface area contributed by atoms with Gasteiger partial charge in [0.15, 0.2) is 14.6 Å². The molecule has 0 aromatic heterocycles. The van der Waals surface area contributed by atoms with Crippen LogP contribution in [0.4, 0.5) is 0 Å². The molecule has 0 N–H and O–H groups in total. The second kappa shape index (κ2) is 10.2. The number of carbonyl (C=O) groups excluding carboxylic acids is 1. The van der Waals surface area contributed by atoms with E-state index in [4.69, 9.17) is 13.9 Å². The normalized spacial score (nSPS) is 28.3. The first kappa shape index (κ1) is 24.3. The third-order valence-corrected chi connectivity index (χ3v) is 10.4. The van der Waals surface area contributed by atoms with E-state index in [0.29, 0.717) is 5.92 Å². The van der Waals surface area contributed by atoms with Crippen molar-refractivity contribution < 1.29 is 23.4 Å². The molecular weight excluding hydrogens is 360 g/mol. The number of hydrogen-bond donors (Lipinski definition) is 0. The molecule has 0 spiro atoms. The van der Waals surface area contributed by atoms with Crippen LogP contribution in [0, 0.1) is 5.92 Å². The highest BCUT2D eigenvalue weighted by Gasteiger charge is 2.44. The van der Waals surface area contributed by atoms with Crippen LogP contribution in [0.15, 0.2) is 12.2 Å². The van der Waals surface area contributed by atoms with Crippen molar-refractivity contribution in [3.05, 3.63) is 12.2 Å². The fourth-order valence-corrected chi connectivity index (χ4v) is 4.07. The molecule has 1 rings (SSSR count). The van der Waals surface area contributed by atoms with E-state index in [9.17, 15) is 4.79 Å². The first-order valence-corrected chi connectivity index (χ1v) is 13.0. The lowest BCUT2D eigenvalue weighted by Gasteiger charge is -2.45. The quantitative estimate of drug-likeness (QED) is 0.324. The minimum atomic E-state index is -1.91. The monoisotopic (exact) mass is 400 g/mol. The van der Waals surface area contributed by atoms with E-state index in [0.717, 1.165) is 19.3 Å². The predicted molar refractivity (Wildman–Crippen MR) is 111 cm³/mol. The second-order valence-corrected chi connectivity index (χ2v) is 14.0. The second-order valence-electron chi connectivity index (χ2n) is 9.29. The summed E-state index contributed by atoms with van der Waals surface area (Å²) in [5, 5.41) is 0.147. The minimum absolute atomic E-state index is 0.0171. The van der Waals surface area contributed by atoms with Crippen LogP contribution in [-0.2, 0) is 23.4 Å². The molecule has 5 atom stereocenters. The number of carbonyl (C=O) groups is 1. The molecule has 1 heterocycles. The van der Waals surface area contributed by atoms with E-state index in [1.54, 1.807) is 0 Å². The van der Waals surface area contributed by atoms with Gasteiger partial charge in [0.1, 0.15) is 0 Å². The maximum atomic E-state index is 11.1. The van der Waals surface area contributed by atoms with E-state index in [1.807, 2.05) is 13.0 Å². The Morgan fingerprint density at radius 3 is 2.48 bits per heavy atom. The highest BCUT2D eigenvalue weighted by atomic mass is 28.4. The Bertz CT molecular complexity index is 497. The summed E-state index contributed by atoms with van der Waals surface area (Å²) in [6.45, 7) is 17.7. The van der Waals surface area contributed by atoms with Gasteiger partial charge < -0.3 is 18.6 Å². The van der Waals surface area contributed by atoms with Crippen LogP contribution in [0.2, 0.25) is 18.1 Å². The van der Waals surface area contributed by atoms with Crippen LogP contribution in [0.25, 0.3) is 0 Å². The third-order valence-electron chi connectivity index (χ3n) is 5.87. The molecular formula is C21H40O5Si. The molecule has 0 radical (unpaired) electrons. The molecule has 1 fully saturated rings. The van der Waals surface area contributed by atoms with Gasteiger partial charge in [-0.2, -0.15) is 0 Å². The van der Waals surface area contributed by atoms with Crippen molar-refractivity contribution in [1.82, 2.24) is 0 Å². The molecule has 1 aliphatic heterocycles. The predicted octanol–water partition coefficient (Wildman–Crippen LogP) is 5.06. The molecule has 0 saturated carbocycles. The van der Waals surface area contributed by atoms with Gasteiger partial charge in [0, 0.05) is 6.08 Å². The van der Waals surface area contributed by atoms with Gasteiger partial charge in [-0.1, -0.05) is 33.8 Å². The molecule has 27 heavy (non-hydrogen) atoms. The first-order valence-electron chi connectivity index (χ1n) is 10.1. The number of rotatable bonds is 8. The lowest BCUT2D eigenvalue weighted by atomic mass is 9.95. The van der Waals surface area contributed by atoms with Gasteiger partial charge in [-0.15, -0.1) is 0 Å². The Hall–Kier alpha value is -0.693. The summed E-state index contributed by atoms with van der Waals surface area (Å²) in [5.41, 5.74) is 0. The smallest absolute Gasteiger partial charge is 0.330 e. The Labute approximate surface area is 166 Å². The van der Waals surface area contributed by atoms with Gasteiger partial charge in [-0.05, 0) is 57.2 Å². The molecule has 6 heteroatoms. The number of methoxy groups -OCH3 is 1. The van der Waals surface area contributed by atoms with Crippen molar-refractivity contribution in [2.24, 2.45) is 5.92 Å². The Morgan fingerprint density at radius 1 is 1.30 bits per heavy atom. The van der Waals surface area contributed by atoms with Crippen molar-refractivity contribution in [3.63, 3.8) is 0 Å². The third kappa shape index (κ3) is 7.68. The zero-order chi connectivity index (χ0) is 20.8. The van der Waals surface area contributed by atoms with Crippen LogP contribution in [0.3, 0.4) is 0 Å². The van der Waals surface area contributed by atoms with Crippen LogP contribution < -0.4 is 0 Å². The zero-order valence-corrected chi connectivity index (χ0v) is 19.7. The van der Waals surface area contributed by atoms with Crippen molar-refractivity contribution >= 4 is 14.3 Å². The van der Waals surface area contributed by atoms with Crippen molar-refractivity contribution in [2.75, 3.05) is 7.11 Å². The van der Waals surface area contributed by atoms with Crippen LogP contribution >= 0.6 is 0 Å². The van der Waals surface area contributed by atoms with Gasteiger partial charge in [0.25, 0.3) is 0 Å². The maximum absolute atomic E-state index is 11.1. The summed E-state index contributed by atoms with van der Waals surface area (Å²) in [4.78, 5) is 11.1. The average molecular weight is 401 g/mol. The number of esters is 1. The molecule has 0 amide bonds. The molecule has 1 saturated heterocycles. The lowest BCUT2D eigenvalue weighted by Crippen LogP contribution is -2.53. The van der Waals surface area contributed by atoms with Crippen molar-refractivity contribution in [2.45, 2.75) is 104 Å². The molecule has 0 aromatic rings. The Kier molecular flexibility index (Phi) is 9.19. The van der Waals surface area contributed by atoms with Gasteiger partial charge in [0.2, 0.25) is 0 Å². The lowest BCUT2D eigenvalue weighted by molar-refractivity contribution is -0.259. The number of hydrogen-bond acceptors (Lipinski definition) is 5. The summed E-state index contributed by atoms with van der Waals surface area (Å²) in [6.07, 6.45) is 5.58. The first-order chi connectivity index (χ1) is 12.4. The summed E-state index contributed by atoms with van der Waals surface area (Å²) in [5.74, 6) is 0.114. The van der Waals surface area contributed by atoms with Gasteiger partial charge >= 0.3 is 5.97 Å². The zero-order valence-electron chi connectivity index (χ0n) is 18.7. The summed E-state index contributed by atoms with van der Waals surface area (Å²) in [6, 6.07) is 0. The van der Waals surface area contributed by atoms with E-state index >= 15 is 0 Å². The van der Waals surface area contributed by atoms with E-state index < -0.39 is 8.32 Å². The maximum Gasteiger partial charge on any atom is 0.330 e. The minimum Gasteiger partial charge on any atom is -0.466 e. The summed E-state index contributed by atoms with van der Waals surface area (Å²) < 4.78 is 23.7. The molecule has 1 aliphatic rings. The average Bonchev–Trinajstić information content (AvgIpc) is 2.54. The summed E-state index contributed by atoms with van der Waals surface area (Å²) >= 11 is 0. The summed E-state index contributed by atoms with van der Waals surface area (Å²) in [7, 11) is -0.529. The van der Waals surface area contributed by atoms with E-state index in [-0.39, 0.29) is 35.6 Å². The van der Waals surface area contributed by atoms with Crippen LogP contribution in [0.5, 0.6) is 0 Å². The number of ether oxygens (including phenoxy) is 3. The highest BCUT2D eigenvalue weighted by Crippen LogP contribution is 2.40. The fourth-order valence-electron chi connectivity index (χ4n) is 2.76. The van der Waals surface area contributed by atoms with Crippen LogP contribution in [-0.4, -0.2) is 46.0 Å². The Morgan fingerprint density at radius 2 is 1.93 bits per heavy atom. The SMILES string of the molecule is COC(=O)/C=C/CC[C@@H](C)O[C@@H]1O[C@@H](C)[C@H](C)C[C@H]1O[Si](C)(C)C(C)(C)C. The largest absolute Gasteiger partial charge is 0.466 e. The molecule has 0 unspecified atom stereocenters. The fraction of sp³-hybridized carbons (Fsp3) is 0.857. The Balaban J connectivity index is 2.69. The molecule has 158 valence electrons. The molecule has 0 aliphatic carbocycles. The van der Waals surface area contributed by atoms with Crippen molar-refractivity contribution in [1.29, 1.82) is 0 Å². The molecule has 5 nitrogen and oxygen atoms in total. The van der Waals surface area contributed by atoms with E-state index in [2.05, 4.69) is 52.4 Å². The van der Waals surface area contributed by atoms with Gasteiger partial charge in [-0.25, -0.2) is 4.79 Å². The van der Waals surface area contributed by atoms with Crippen molar-refractivity contribution in [3.8, 4) is 0 Å². The molecule has 0 bridgehead atoms. The standard InChI is InChI=1S/C21H40O5Si/c1-15-14-18(26-27(8,9)21(4,5)6)20(25-17(15)3)24-16(2)12-10-11-13-19(22)23-7/h11,13,15-18,20H,10,12,14H2,1-9H3/b13-11+/t15-,16-,17+,18-,20-/m1/s1. The number of allylic oxidation sites excluding steroid dienone is 1. The van der Waals surface area contributed by atoms with Crippen LogP contribution in [0.1, 0.15) is 60.8 Å². The van der Waals surface area contributed by atoms with Gasteiger partial charge in [-0.3, -0.25) is 0 Å². The topological polar surface area (TPSA) is 54.0 Å². The van der Waals surface area contributed by atoms with E-state index in [1.165, 1.54) is 13.2 Å².